The summed E-state index contributed by atoms with van der Waals surface area (Å²) in [5.74, 6) is 0.365. The zero-order chi connectivity index (χ0) is 17.1. The van der Waals surface area contributed by atoms with Crippen molar-refractivity contribution in [2.24, 2.45) is 11.7 Å². The maximum Gasteiger partial charge on any atom is 0.224 e. The summed E-state index contributed by atoms with van der Waals surface area (Å²) in [6, 6.07) is 10.1. The zero-order valence-electron chi connectivity index (χ0n) is 14.3. The van der Waals surface area contributed by atoms with Crippen LogP contribution in [0.4, 0.5) is 0 Å². The first-order valence-electron chi connectivity index (χ1n) is 8.31. The van der Waals surface area contributed by atoms with E-state index >= 15 is 0 Å². The van der Waals surface area contributed by atoms with Gasteiger partial charge < -0.3 is 16.0 Å². The summed E-state index contributed by atoms with van der Waals surface area (Å²) < 4.78 is 0. The van der Waals surface area contributed by atoms with E-state index in [0.717, 1.165) is 6.42 Å². The molecule has 0 aliphatic rings. The number of hydrogen-bond donors (Lipinski definition) is 2. The monoisotopic (exact) mass is 319 g/mol. The smallest absolute Gasteiger partial charge is 0.224 e. The molecule has 0 saturated heterocycles. The Morgan fingerprint density at radius 3 is 2.48 bits per heavy atom. The second-order valence-corrected chi connectivity index (χ2v) is 6.10. The van der Waals surface area contributed by atoms with E-state index in [2.05, 4.69) is 17.4 Å². The van der Waals surface area contributed by atoms with Crippen LogP contribution in [0.5, 0.6) is 0 Å². The first kappa shape index (κ1) is 19.2. The van der Waals surface area contributed by atoms with Crippen molar-refractivity contribution in [3.8, 4) is 0 Å². The molecule has 0 aromatic heterocycles. The van der Waals surface area contributed by atoms with Gasteiger partial charge in [-0.3, -0.25) is 9.59 Å². The van der Waals surface area contributed by atoms with Crippen molar-refractivity contribution in [1.29, 1.82) is 0 Å². The average molecular weight is 319 g/mol. The minimum Gasteiger partial charge on any atom is -0.356 e. The maximum absolute atomic E-state index is 12.3. The van der Waals surface area contributed by atoms with Crippen LogP contribution in [-0.4, -0.2) is 42.9 Å². The Hall–Kier alpha value is -1.88. The number of benzene rings is 1. The van der Waals surface area contributed by atoms with Gasteiger partial charge in [-0.15, -0.1) is 0 Å². The van der Waals surface area contributed by atoms with Gasteiger partial charge in [0.1, 0.15) is 0 Å². The average Bonchev–Trinajstić information content (AvgIpc) is 2.51. The third-order valence-electron chi connectivity index (χ3n) is 3.52. The number of carbonyl (C=O) groups is 2. The molecule has 23 heavy (non-hydrogen) atoms. The van der Waals surface area contributed by atoms with Gasteiger partial charge in [0.25, 0.3) is 0 Å². The summed E-state index contributed by atoms with van der Waals surface area (Å²) in [5.41, 5.74) is 6.81. The normalized spacial score (nSPS) is 10.6. The van der Waals surface area contributed by atoms with Crippen molar-refractivity contribution in [3.05, 3.63) is 35.9 Å². The molecular weight excluding hydrogens is 290 g/mol. The van der Waals surface area contributed by atoms with Crippen LogP contribution in [0.3, 0.4) is 0 Å². The van der Waals surface area contributed by atoms with E-state index in [1.807, 2.05) is 32.0 Å². The predicted octanol–water partition coefficient (Wildman–Crippen LogP) is 1.57. The van der Waals surface area contributed by atoms with Gasteiger partial charge in [0.2, 0.25) is 11.8 Å². The molecule has 1 aromatic carbocycles. The number of carbonyl (C=O) groups excluding carboxylic acids is 2. The van der Waals surface area contributed by atoms with Gasteiger partial charge in [-0.05, 0) is 17.9 Å². The van der Waals surface area contributed by atoms with Crippen LogP contribution >= 0.6 is 0 Å². The summed E-state index contributed by atoms with van der Waals surface area (Å²) in [7, 11) is 0. The molecule has 0 bridgehead atoms. The second kappa shape index (κ2) is 10.8. The lowest BCUT2D eigenvalue weighted by Crippen LogP contribution is -2.39. The molecular formula is C18H29N3O2. The van der Waals surface area contributed by atoms with Crippen LogP contribution in [0.25, 0.3) is 0 Å². The highest BCUT2D eigenvalue weighted by Gasteiger charge is 2.13. The molecule has 0 aliphatic heterocycles. The third kappa shape index (κ3) is 8.35. The molecule has 0 radical (unpaired) electrons. The number of rotatable bonds is 10. The van der Waals surface area contributed by atoms with E-state index in [1.165, 1.54) is 5.56 Å². The molecule has 0 atom stereocenters. The molecule has 128 valence electrons. The predicted molar refractivity (Wildman–Crippen MR) is 92.9 cm³/mol. The fraction of sp³-hybridized carbons (Fsp3) is 0.556. The Morgan fingerprint density at radius 1 is 1.17 bits per heavy atom. The Morgan fingerprint density at radius 2 is 1.87 bits per heavy atom. The van der Waals surface area contributed by atoms with Crippen LogP contribution in [0, 0.1) is 5.92 Å². The first-order chi connectivity index (χ1) is 11.0. The molecule has 1 rings (SSSR count). The topological polar surface area (TPSA) is 75.4 Å². The van der Waals surface area contributed by atoms with E-state index in [9.17, 15) is 9.59 Å². The van der Waals surface area contributed by atoms with Gasteiger partial charge >= 0.3 is 0 Å². The molecule has 0 spiro atoms. The summed E-state index contributed by atoms with van der Waals surface area (Å²) in [5, 5.41) is 2.80. The van der Waals surface area contributed by atoms with E-state index < -0.39 is 0 Å². The SMILES string of the molecule is CC(C)CC(=O)NCCC(=O)N(CCN)CCc1ccccc1. The van der Waals surface area contributed by atoms with E-state index in [4.69, 9.17) is 5.73 Å². The van der Waals surface area contributed by atoms with E-state index in [1.54, 1.807) is 4.90 Å². The van der Waals surface area contributed by atoms with E-state index in [-0.39, 0.29) is 11.8 Å². The lowest BCUT2D eigenvalue weighted by molar-refractivity contribution is -0.131. The van der Waals surface area contributed by atoms with Crippen molar-refractivity contribution >= 4 is 11.8 Å². The minimum absolute atomic E-state index is 0.00228. The van der Waals surface area contributed by atoms with Crippen LogP contribution in [0.2, 0.25) is 0 Å². The Kier molecular flexibility index (Phi) is 8.98. The van der Waals surface area contributed by atoms with E-state index in [0.29, 0.717) is 44.9 Å². The highest BCUT2D eigenvalue weighted by atomic mass is 16.2. The van der Waals surface area contributed by atoms with Crippen molar-refractivity contribution in [2.45, 2.75) is 33.1 Å². The van der Waals surface area contributed by atoms with Crippen LogP contribution < -0.4 is 11.1 Å². The Balaban J connectivity index is 2.37. The number of nitrogens with zero attached hydrogens (tertiary/aromatic N) is 1. The number of amides is 2. The molecule has 5 nitrogen and oxygen atoms in total. The Bertz CT molecular complexity index is 474. The number of nitrogens with one attached hydrogen (secondary N) is 1. The highest BCUT2D eigenvalue weighted by Crippen LogP contribution is 2.03. The molecule has 1 aromatic rings. The lowest BCUT2D eigenvalue weighted by atomic mass is 10.1. The van der Waals surface area contributed by atoms with Crippen LogP contribution in [0.1, 0.15) is 32.3 Å². The molecule has 0 saturated carbocycles. The van der Waals surface area contributed by atoms with Gasteiger partial charge in [0.15, 0.2) is 0 Å². The van der Waals surface area contributed by atoms with Gasteiger partial charge in [-0.2, -0.15) is 0 Å². The zero-order valence-corrected chi connectivity index (χ0v) is 14.3. The van der Waals surface area contributed by atoms with Crippen molar-refractivity contribution < 1.29 is 9.59 Å². The lowest BCUT2D eigenvalue weighted by Gasteiger charge is -2.22. The van der Waals surface area contributed by atoms with Crippen molar-refractivity contribution in [3.63, 3.8) is 0 Å². The molecule has 0 fully saturated rings. The minimum atomic E-state index is 0.00228. The van der Waals surface area contributed by atoms with Crippen molar-refractivity contribution in [1.82, 2.24) is 10.2 Å². The Labute approximate surface area is 139 Å². The second-order valence-electron chi connectivity index (χ2n) is 6.10. The van der Waals surface area contributed by atoms with Gasteiger partial charge in [-0.25, -0.2) is 0 Å². The molecule has 0 unspecified atom stereocenters. The van der Waals surface area contributed by atoms with Gasteiger partial charge in [0, 0.05) is 39.0 Å². The van der Waals surface area contributed by atoms with Gasteiger partial charge in [-0.1, -0.05) is 44.2 Å². The quantitative estimate of drug-likeness (QED) is 0.687. The molecule has 2 amide bonds. The fourth-order valence-corrected chi connectivity index (χ4v) is 2.34. The van der Waals surface area contributed by atoms with Gasteiger partial charge in [0.05, 0.1) is 0 Å². The fourth-order valence-electron chi connectivity index (χ4n) is 2.34. The molecule has 5 heteroatoms. The summed E-state index contributed by atoms with van der Waals surface area (Å²) in [4.78, 5) is 25.6. The highest BCUT2D eigenvalue weighted by molar-refractivity contribution is 5.79. The summed E-state index contributed by atoms with van der Waals surface area (Å²) in [6.07, 6.45) is 1.62. The summed E-state index contributed by atoms with van der Waals surface area (Å²) in [6.45, 7) is 6.03. The molecule has 0 heterocycles. The molecule has 3 N–H and O–H groups in total. The standard InChI is InChI=1S/C18H29N3O2/c1-15(2)14-17(22)20-11-8-18(23)21(13-10-19)12-9-16-6-4-3-5-7-16/h3-7,15H,8-14,19H2,1-2H3,(H,20,22). The molecule has 0 aliphatic carbocycles. The summed E-state index contributed by atoms with van der Waals surface area (Å²) >= 11 is 0. The maximum atomic E-state index is 12.3. The largest absolute Gasteiger partial charge is 0.356 e. The van der Waals surface area contributed by atoms with Crippen molar-refractivity contribution in [2.75, 3.05) is 26.2 Å². The van der Waals surface area contributed by atoms with Crippen LogP contribution in [0.15, 0.2) is 30.3 Å². The number of nitrogens with two attached hydrogens (primary N) is 1. The third-order valence-corrected chi connectivity index (χ3v) is 3.52. The number of hydrogen-bond acceptors (Lipinski definition) is 3. The first-order valence-corrected chi connectivity index (χ1v) is 8.31. The van der Waals surface area contributed by atoms with Crippen LogP contribution in [-0.2, 0) is 16.0 Å².